The van der Waals surface area contributed by atoms with Gasteiger partial charge in [-0.15, -0.1) is 5.10 Å². The van der Waals surface area contributed by atoms with Crippen LogP contribution in [0.3, 0.4) is 0 Å². The molecule has 4 aromatic rings. The molecule has 0 radical (unpaired) electrons. The molecule has 1 atom stereocenters. The fraction of sp³-hybridized carbons (Fsp3) is 0.407. The van der Waals surface area contributed by atoms with Crippen LogP contribution < -0.4 is 10.3 Å². The van der Waals surface area contributed by atoms with E-state index in [9.17, 15) is 9.18 Å². The van der Waals surface area contributed by atoms with Crippen molar-refractivity contribution in [3.05, 3.63) is 81.7 Å². The van der Waals surface area contributed by atoms with E-state index in [1.807, 2.05) is 28.9 Å². The van der Waals surface area contributed by atoms with E-state index in [0.29, 0.717) is 18.7 Å². The highest BCUT2D eigenvalue weighted by Crippen LogP contribution is 2.30. The van der Waals surface area contributed by atoms with Crippen molar-refractivity contribution in [3.63, 3.8) is 0 Å². The van der Waals surface area contributed by atoms with Crippen molar-refractivity contribution in [1.29, 1.82) is 0 Å². The fourth-order valence-electron chi connectivity index (χ4n) is 4.38. The highest BCUT2D eigenvalue weighted by atomic mass is 19.1. The zero-order valence-electron chi connectivity index (χ0n) is 21.5. The monoisotopic (exact) mass is 492 g/mol. The van der Waals surface area contributed by atoms with Crippen molar-refractivity contribution < 1.29 is 9.13 Å². The lowest BCUT2D eigenvalue weighted by atomic mass is 10.0. The molecule has 0 aliphatic rings. The van der Waals surface area contributed by atoms with Gasteiger partial charge in [-0.3, -0.25) is 9.69 Å². The van der Waals surface area contributed by atoms with Gasteiger partial charge in [-0.2, -0.15) is 0 Å². The highest BCUT2D eigenvalue weighted by Gasteiger charge is 2.31. The molecule has 0 bridgehead atoms. The normalized spacial score (nSPS) is 12.9. The number of hydrogen-bond donors (Lipinski definition) is 1. The van der Waals surface area contributed by atoms with Crippen LogP contribution in [0.4, 0.5) is 4.39 Å². The summed E-state index contributed by atoms with van der Waals surface area (Å²) >= 11 is 0. The fourth-order valence-corrected chi connectivity index (χ4v) is 4.38. The lowest BCUT2D eigenvalue weighted by Gasteiger charge is -2.33. The summed E-state index contributed by atoms with van der Waals surface area (Å²) in [7, 11) is 1.62. The van der Waals surface area contributed by atoms with Crippen LogP contribution in [0.1, 0.15) is 63.5 Å². The average molecular weight is 493 g/mol. The molecule has 36 heavy (non-hydrogen) atoms. The Hall–Kier alpha value is -3.59. The van der Waals surface area contributed by atoms with Gasteiger partial charge in [0.2, 0.25) is 0 Å². The molecule has 4 rings (SSSR count). The molecule has 9 heteroatoms. The van der Waals surface area contributed by atoms with Crippen molar-refractivity contribution in [3.8, 4) is 5.75 Å². The summed E-state index contributed by atoms with van der Waals surface area (Å²) in [4.78, 5) is 18.2. The van der Waals surface area contributed by atoms with Gasteiger partial charge in [0.15, 0.2) is 5.82 Å². The topological polar surface area (TPSA) is 88.9 Å². The van der Waals surface area contributed by atoms with Gasteiger partial charge in [0.25, 0.3) is 5.56 Å². The van der Waals surface area contributed by atoms with Crippen molar-refractivity contribution in [1.82, 2.24) is 30.1 Å². The predicted molar refractivity (Wildman–Crippen MR) is 137 cm³/mol. The Bertz CT molecular complexity index is 1380. The molecular formula is C27H33FN6O2. The molecule has 0 saturated carbocycles. The molecule has 2 aromatic heterocycles. The second-order valence-corrected chi connectivity index (χ2v) is 9.65. The second kappa shape index (κ2) is 10.6. The molecule has 1 N–H and O–H groups in total. The molecule has 2 aromatic carbocycles. The Morgan fingerprint density at radius 3 is 2.53 bits per heavy atom. The number of tetrazole rings is 1. The molecule has 0 aliphatic carbocycles. The summed E-state index contributed by atoms with van der Waals surface area (Å²) in [5.74, 6) is 1.17. The van der Waals surface area contributed by atoms with Gasteiger partial charge >= 0.3 is 0 Å². The summed E-state index contributed by atoms with van der Waals surface area (Å²) in [6, 6.07) is 13.7. The van der Waals surface area contributed by atoms with Crippen LogP contribution in [0.5, 0.6) is 5.75 Å². The van der Waals surface area contributed by atoms with Crippen molar-refractivity contribution in [2.24, 2.45) is 0 Å². The van der Waals surface area contributed by atoms with E-state index in [1.165, 1.54) is 12.1 Å². The van der Waals surface area contributed by atoms with E-state index in [4.69, 9.17) is 4.74 Å². The first kappa shape index (κ1) is 25.5. The molecule has 0 unspecified atom stereocenters. The van der Waals surface area contributed by atoms with Crippen LogP contribution in [0, 0.1) is 5.82 Å². The Kier molecular flexibility index (Phi) is 7.49. The Morgan fingerprint density at radius 1 is 1.11 bits per heavy atom. The van der Waals surface area contributed by atoms with E-state index in [0.717, 1.165) is 40.9 Å². The third-order valence-corrected chi connectivity index (χ3v) is 6.86. The Morgan fingerprint density at radius 2 is 1.86 bits per heavy atom. The molecule has 2 heterocycles. The molecule has 0 spiro atoms. The highest BCUT2D eigenvalue weighted by molar-refractivity contribution is 5.80. The van der Waals surface area contributed by atoms with Gasteiger partial charge in [-0.1, -0.05) is 26.0 Å². The number of nitrogens with one attached hydrogen (secondary N) is 1. The van der Waals surface area contributed by atoms with Gasteiger partial charge in [0.05, 0.1) is 18.7 Å². The number of rotatable bonds is 10. The minimum atomic E-state index is -0.286. The predicted octanol–water partition coefficient (Wildman–Crippen LogP) is 4.96. The number of halogens is 1. The van der Waals surface area contributed by atoms with Gasteiger partial charge < -0.3 is 9.72 Å². The maximum atomic E-state index is 13.6. The van der Waals surface area contributed by atoms with Crippen LogP contribution in [0.25, 0.3) is 10.9 Å². The summed E-state index contributed by atoms with van der Waals surface area (Å²) in [6.45, 7) is 9.24. The maximum absolute atomic E-state index is 13.6. The number of aromatic amines is 1. The first-order valence-electron chi connectivity index (χ1n) is 12.2. The number of benzene rings is 2. The molecule has 0 amide bonds. The van der Waals surface area contributed by atoms with E-state index >= 15 is 0 Å². The molecule has 8 nitrogen and oxygen atoms in total. The van der Waals surface area contributed by atoms with Crippen LogP contribution in [-0.4, -0.2) is 37.2 Å². The molecular weight excluding hydrogens is 459 g/mol. The standard InChI is InChI=1S/C27H33FN6O2/c1-6-24(25-30-31-32-34(25)27(3,4)7-2)33(16-18-8-10-21(28)11-9-18)17-20-14-19-15-22(36-5)12-13-23(19)29-26(20)35/h8-15,24H,6-7,16-17H2,1-5H3,(H,29,35)/t24-/m0/s1. The van der Waals surface area contributed by atoms with Crippen LogP contribution in [-0.2, 0) is 18.6 Å². The van der Waals surface area contributed by atoms with Crippen molar-refractivity contribution >= 4 is 10.9 Å². The van der Waals surface area contributed by atoms with Crippen LogP contribution in [0.15, 0.2) is 53.3 Å². The first-order valence-corrected chi connectivity index (χ1v) is 12.2. The first-order chi connectivity index (χ1) is 17.2. The van der Waals surface area contributed by atoms with E-state index in [-0.39, 0.29) is 23.0 Å². The summed E-state index contributed by atoms with van der Waals surface area (Å²) in [5, 5.41) is 13.6. The zero-order chi connectivity index (χ0) is 25.9. The average Bonchev–Trinajstić information content (AvgIpc) is 3.36. The van der Waals surface area contributed by atoms with E-state index in [2.05, 4.69) is 53.1 Å². The zero-order valence-corrected chi connectivity index (χ0v) is 21.5. The number of ether oxygens (including phenoxy) is 1. The maximum Gasteiger partial charge on any atom is 0.252 e. The van der Waals surface area contributed by atoms with Crippen LogP contribution >= 0.6 is 0 Å². The van der Waals surface area contributed by atoms with Crippen molar-refractivity contribution in [2.45, 2.75) is 65.2 Å². The second-order valence-electron chi connectivity index (χ2n) is 9.65. The summed E-state index contributed by atoms with van der Waals surface area (Å²) in [5.41, 5.74) is 1.87. The molecule has 190 valence electrons. The van der Waals surface area contributed by atoms with Crippen LogP contribution in [0.2, 0.25) is 0 Å². The van der Waals surface area contributed by atoms with Gasteiger partial charge in [-0.25, -0.2) is 9.07 Å². The van der Waals surface area contributed by atoms with Gasteiger partial charge in [0.1, 0.15) is 11.6 Å². The number of aromatic nitrogens is 5. The third-order valence-electron chi connectivity index (χ3n) is 6.86. The molecule has 0 saturated heterocycles. The SMILES string of the molecule is CC[C@@H](c1nnnn1C(C)(C)CC)N(Cc1ccc(F)cc1)Cc1cc2cc(OC)ccc2[nH]c1=O. The van der Waals surface area contributed by atoms with Gasteiger partial charge in [-0.05, 0) is 79.1 Å². The number of methoxy groups -OCH3 is 1. The number of nitrogens with zero attached hydrogens (tertiary/aromatic N) is 5. The molecule has 0 fully saturated rings. The molecule has 0 aliphatic heterocycles. The lowest BCUT2D eigenvalue weighted by molar-refractivity contribution is 0.150. The van der Waals surface area contributed by atoms with E-state index in [1.54, 1.807) is 19.2 Å². The number of fused-ring (bicyclic) bond motifs is 1. The quantitative estimate of drug-likeness (QED) is 0.337. The van der Waals surface area contributed by atoms with Gasteiger partial charge in [0, 0.05) is 29.6 Å². The van der Waals surface area contributed by atoms with Crippen molar-refractivity contribution in [2.75, 3.05) is 7.11 Å². The minimum Gasteiger partial charge on any atom is -0.497 e. The Balaban J connectivity index is 1.77. The third kappa shape index (κ3) is 5.31. The minimum absolute atomic E-state index is 0.153. The van der Waals surface area contributed by atoms with E-state index < -0.39 is 0 Å². The largest absolute Gasteiger partial charge is 0.497 e. The lowest BCUT2D eigenvalue weighted by Crippen LogP contribution is -2.36. The number of H-pyrrole nitrogens is 1. The number of pyridine rings is 1. The summed E-state index contributed by atoms with van der Waals surface area (Å²) in [6.07, 6.45) is 1.58. The smallest absolute Gasteiger partial charge is 0.252 e. The summed E-state index contributed by atoms with van der Waals surface area (Å²) < 4.78 is 20.9. The number of hydrogen-bond acceptors (Lipinski definition) is 6. The Labute approximate surface area is 210 Å².